The van der Waals surface area contributed by atoms with E-state index in [0.29, 0.717) is 0 Å². The lowest BCUT2D eigenvalue weighted by Crippen LogP contribution is -2.42. The minimum Gasteiger partial charge on any atom is -0.296 e. The molecule has 4 aromatic carbocycles. The van der Waals surface area contributed by atoms with Gasteiger partial charge in [-0.05, 0) is 69.1 Å². The van der Waals surface area contributed by atoms with Crippen molar-refractivity contribution < 1.29 is 13.3 Å². The Labute approximate surface area is 225 Å². The zero-order valence-electron chi connectivity index (χ0n) is 21.2. The lowest BCUT2D eigenvalue weighted by Gasteiger charge is -2.49. The number of hydrogen-bond acceptors (Lipinski definition) is 1. The Morgan fingerprint density at radius 2 is 1.03 bits per heavy atom. The highest BCUT2D eigenvalue weighted by Gasteiger charge is 2.53. The molecule has 0 amide bonds. The highest BCUT2D eigenvalue weighted by molar-refractivity contribution is 7.84. The average molecular weight is 546 g/mol. The molecule has 0 radical (unpaired) electrons. The SMILES string of the molecule is O=P(c1ccccc1F)(c1ccccc1F)N(C1CCC1)P1C(c2ccccc2)CCC1c1ccccc1. The van der Waals surface area contributed by atoms with Gasteiger partial charge in [0.25, 0.3) is 0 Å². The molecular formula is C32H31F2NOP2. The summed E-state index contributed by atoms with van der Waals surface area (Å²) in [6.45, 7) is 0. The van der Waals surface area contributed by atoms with Gasteiger partial charge in [-0.15, -0.1) is 0 Å². The number of rotatable bonds is 7. The lowest BCUT2D eigenvalue weighted by atomic mass is 9.94. The summed E-state index contributed by atoms with van der Waals surface area (Å²) in [5.41, 5.74) is 2.75. The summed E-state index contributed by atoms with van der Waals surface area (Å²) in [6.07, 6.45) is 4.70. The smallest absolute Gasteiger partial charge is 0.216 e. The Balaban J connectivity index is 1.61. The Bertz CT molecular complexity index is 1350. The fourth-order valence-electron chi connectivity index (χ4n) is 6.00. The minimum absolute atomic E-state index is 0.0154. The summed E-state index contributed by atoms with van der Waals surface area (Å²) < 4.78 is 49.3. The van der Waals surface area contributed by atoms with Crippen molar-refractivity contribution in [3.8, 4) is 0 Å². The van der Waals surface area contributed by atoms with Crippen molar-refractivity contribution in [2.24, 2.45) is 0 Å². The van der Waals surface area contributed by atoms with Crippen molar-refractivity contribution in [2.75, 3.05) is 0 Å². The number of hydrogen-bond donors (Lipinski definition) is 0. The highest BCUT2D eigenvalue weighted by atomic mass is 31.2. The van der Waals surface area contributed by atoms with Gasteiger partial charge in [-0.1, -0.05) is 91.3 Å². The second kappa shape index (κ2) is 10.9. The average Bonchev–Trinajstić information content (AvgIpc) is 3.36. The Kier molecular flexibility index (Phi) is 7.32. The van der Waals surface area contributed by atoms with Gasteiger partial charge in [-0.2, -0.15) is 0 Å². The van der Waals surface area contributed by atoms with Gasteiger partial charge in [0, 0.05) is 17.4 Å². The molecule has 1 aliphatic carbocycles. The summed E-state index contributed by atoms with van der Waals surface area (Å²) in [5, 5.41) is 0.232. The van der Waals surface area contributed by atoms with Crippen molar-refractivity contribution in [3.05, 3.63) is 132 Å². The monoisotopic (exact) mass is 545 g/mol. The maximum atomic E-state index is 15.8. The standard InChI is InChI=1S/C32H31F2NOP2/c33-27-18-7-9-20-31(27)38(36,32-21-10-8-19-28(32)34)35(26-16-11-17-26)37-29(24-12-3-1-4-13-24)22-23-30(37)25-14-5-2-6-15-25/h1-10,12-15,18-21,26,29-30H,11,16-17,22-23H2. The van der Waals surface area contributed by atoms with E-state index < -0.39 is 27.0 Å². The predicted molar refractivity (Wildman–Crippen MR) is 154 cm³/mol. The topological polar surface area (TPSA) is 20.3 Å². The molecular weight excluding hydrogens is 514 g/mol. The molecule has 6 heteroatoms. The van der Waals surface area contributed by atoms with E-state index in [4.69, 9.17) is 0 Å². The Morgan fingerprint density at radius 3 is 1.42 bits per heavy atom. The largest absolute Gasteiger partial charge is 0.296 e. The number of benzene rings is 4. The molecule has 2 aliphatic rings. The number of nitrogens with zero attached hydrogens (tertiary/aromatic N) is 1. The van der Waals surface area contributed by atoms with Gasteiger partial charge in [0.05, 0.1) is 10.6 Å². The molecule has 0 spiro atoms. The fourth-order valence-corrected chi connectivity index (χ4v) is 14.6. The fraction of sp³-hybridized carbons (Fsp3) is 0.250. The first-order chi connectivity index (χ1) is 18.6. The molecule has 2 fully saturated rings. The third-order valence-corrected chi connectivity index (χ3v) is 15.5. The van der Waals surface area contributed by atoms with Crippen LogP contribution in [-0.2, 0) is 4.57 Å². The Hall–Kier alpha value is -2.64. The zero-order valence-corrected chi connectivity index (χ0v) is 23.0. The van der Waals surface area contributed by atoms with Crippen LogP contribution in [0.3, 0.4) is 0 Å². The third-order valence-electron chi connectivity index (χ3n) is 8.01. The molecule has 4 aromatic rings. The summed E-state index contributed by atoms with van der Waals surface area (Å²) in [7, 11) is -4.99. The molecule has 1 heterocycles. The van der Waals surface area contributed by atoms with Crippen LogP contribution in [0.5, 0.6) is 0 Å². The molecule has 2 nitrogen and oxygen atoms in total. The molecule has 2 atom stereocenters. The first-order valence-corrected chi connectivity index (χ1v) is 16.5. The van der Waals surface area contributed by atoms with Crippen LogP contribution in [0.15, 0.2) is 109 Å². The van der Waals surface area contributed by atoms with Gasteiger partial charge in [0.15, 0.2) is 0 Å². The van der Waals surface area contributed by atoms with Crippen LogP contribution in [0.1, 0.15) is 54.5 Å². The maximum absolute atomic E-state index is 15.8. The summed E-state index contributed by atoms with van der Waals surface area (Å²) >= 11 is 0. The van der Waals surface area contributed by atoms with Crippen molar-refractivity contribution in [1.29, 1.82) is 0 Å². The molecule has 1 saturated carbocycles. The first kappa shape index (κ1) is 25.6. The predicted octanol–water partition coefficient (Wildman–Crippen LogP) is 8.72. The maximum Gasteiger partial charge on any atom is 0.216 e. The molecule has 6 rings (SSSR count). The van der Waals surface area contributed by atoms with E-state index >= 15 is 13.3 Å². The molecule has 1 aliphatic heterocycles. The van der Waals surface area contributed by atoms with E-state index in [9.17, 15) is 0 Å². The van der Waals surface area contributed by atoms with Gasteiger partial charge >= 0.3 is 0 Å². The second-order valence-corrected chi connectivity index (χ2v) is 15.5. The van der Waals surface area contributed by atoms with E-state index in [0.717, 1.165) is 32.1 Å². The van der Waals surface area contributed by atoms with Gasteiger partial charge in [0.1, 0.15) is 11.6 Å². The van der Waals surface area contributed by atoms with Crippen LogP contribution in [-0.4, -0.2) is 10.5 Å². The molecule has 38 heavy (non-hydrogen) atoms. The van der Waals surface area contributed by atoms with E-state index in [1.54, 1.807) is 36.4 Å². The van der Waals surface area contributed by atoms with Gasteiger partial charge in [0.2, 0.25) is 7.29 Å². The summed E-state index contributed by atoms with van der Waals surface area (Å²) in [6, 6.07) is 33.5. The molecule has 1 saturated heterocycles. The minimum atomic E-state index is -3.88. The third kappa shape index (κ3) is 4.47. The molecule has 0 bridgehead atoms. The van der Waals surface area contributed by atoms with Crippen molar-refractivity contribution in [2.45, 2.75) is 49.5 Å². The van der Waals surface area contributed by atoms with E-state index in [2.05, 4.69) is 53.0 Å². The van der Waals surface area contributed by atoms with Crippen molar-refractivity contribution in [3.63, 3.8) is 0 Å². The normalized spacial score (nSPS) is 21.9. The molecule has 2 unspecified atom stereocenters. The zero-order chi connectivity index (χ0) is 26.1. The van der Waals surface area contributed by atoms with Crippen LogP contribution in [0, 0.1) is 11.6 Å². The van der Waals surface area contributed by atoms with Crippen LogP contribution in [0.25, 0.3) is 0 Å². The van der Waals surface area contributed by atoms with Crippen LogP contribution >= 0.6 is 15.4 Å². The highest BCUT2D eigenvalue weighted by Crippen LogP contribution is 2.79. The van der Waals surface area contributed by atoms with Crippen LogP contribution in [0.2, 0.25) is 0 Å². The van der Waals surface area contributed by atoms with Gasteiger partial charge in [-0.3, -0.25) is 4.57 Å². The molecule has 0 aromatic heterocycles. The van der Waals surface area contributed by atoms with Gasteiger partial charge < -0.3 is 0 Å². The first-order valence-electron chi connectivity index (χ1n) is 13.4. The van der Waals surface area contributed by atoms with E-state index in [-0.39, 0.29) is 28.0 Å². The van der Waals surface area contributed by atoms with Crippen molar-refractivity contribution in [1.82, 2.24) is 4.44 Å². The Morgan fingerprint density at radius 1 is 0.605 bits per heavy atom. The quantitative estimate of drug-likeness (QED) is 0.217. The second-order valence-electron chi connectivity index (χ2n) is 10.2. The van der Waals surface area contributed by atoms with Gasteiger partial charge in [-0.25, -0.2) is 13.2 Å². The van der Waals surface area contributed by atoms with Crippen molar-refractivity contribution >= 4 is 26.0 Å². The molecule has 0 N–H and O–H groups in total. The van der Waals surface area contributed by atoms with Crippen LogP contribution in [0.4, 0.5) is 8.78 Å². The van der Waals surface area contributed by atoms with E-state index in [1.165, 1.54) is 23.3 Å². The number of halogens is 2. The lowest BCUT2D eigenvalue weighted by molar-refractivity contribution is 0.304. The molecule has 194 valence electrons. The summed E-state index contributed by atoms with van der Waals surface area (Å²) in [4.78, 5) is 0. The summed E-state index contributed by atoms with van der Waals surface area (Å²) in [5.74, 6) is -1.07. The van der Waals surface area contributed by atoms with Crippen LogP contribution < -0.4 is 10.6 Å². The van der Waals surface area contributed by atoms with E-state index in [1.807, 2.05) is 12.1 Å².